The van der Waals surface area contributed by atoms with Crippen LogP contribution in [-0.2, 0) is 9.53 Å². The molecule has 5 heteroatoms. The molecule has 0 saturated carbocycles. The van der Waals surface area contributed by atoms with E-state index in [-0.39, 0.29) is 17.3 Å². The number of rotatable bonds is 2. The van der Waals surface area contributed by atoms with Gasteiger partial charge in [0.2, 0.25) is 0 Å². The van der Waals surface area contributed by atoms with Crippen molar-refractivity contribution in [2.24, 2.45) is 0 Å². The Morgan fingerprint density at radius 3 is 3.08 bits per heavy atom. The molecule has 0 N–H and O–H groups in total. The van der Waals surface area contributed by atoms with Crippen molar-refractivity contribution in [2.75, 3.05) is 0 Å². The fourth-order valence-corrected chi connectivity index (χ4v) is 2.20. The number of ether oxygens (including phenoxy) is 1. The van der Waals surface area contributed by atoms with Gasteiger partial charge in [-0.15, -0.1) is 0 Å². The van der Waals surface area contributed by atoms with E-state index in [0.29, 0.717) is 5.22 Å². The second-order valence-corrected chi connectivity index (χ2v) is 4.04. The molecule has 0 amide bonds. The molecule has 1 fully saturated rings. The molecule has 1 saturated heterocycles. The van der Waals surface area contributed by atoms with Gasteiger partial charge in [-0.2, -0.15) is 0 Å². The van der Waals surface area contributed by atoms with Gasteiger partial charge in [-0.3, -0.25) is 4.79 Å². The van der Waals surface area contributed by atoms with E-state index in [2.05, 4.69) is 4.98 Å². The van der Waals surface area contributed by atoms with Crippen molar-refractivity contribution in [1.82, 2.24) is 4.98 Å². The Morgan fingerprint density at radius 1 is 1.69 bits per heavy atom. The summed E-state index contributed by atoms with van der Waals surface area (Å²) < 4.78 is 10.0. The third-order valence-electron chi connectivity index (χ3n) is 1.78. The van der Waals surface area contributed by atoms with Crippen LogP contribution >= 0.6 is 11.8 Å². The first-order chi connectivity index (χ1) is 6.25. The maximum Gasteiger partial charge on any atom is 0.320 e. The molecule has 4 nitrogen and oxygen atoms in total. The standard InChI is InChI=1S/C8H9NO3S/c1-5-4-6(7(10)12-5)13-8-9-2-3-11-8/h2-3,5-6H,4H2,1H3. The Morgan fingerprint density at radius 2 is 2.54 bits per heavy atom. The van der Waals surface area contributed by atoms with Crippen molar-refractivity contribution >= 4 is 17.7 Å². The number of carbonyl (C=O) groups excluding carboxylic acids is 1. The second-order valence-electron chi connectivity index (χ2n) is 2.89. The lowest BCUT2D eigenvalue weighted by Gasteiger charge is -1.98. The SMILES string of the molecule is CC1CC(Sc2ncco2)C(=O)O1. The number of cyclic esters (lactones) is 1. The van der Waals surface area contributed by atoms with Crippen molar-refractivity contribution in [3.63, 3.8) is 0 Å². The second kappa shape index (κ2) is 3.41. The van der Waals surface area contributed by atoms with E-state index in [1.54, 1.807) is 6.20 Å². The number of nitrogens with zero attached hydrogens (tertiary/aromatic N) is 1. The van der Waals surface area contributed by atoms with Crippen LogP contribution in [0.1, 0.15) is 13.3 Å². The maximum atomic E-state index is 11.2. The Kier molecular flexibility index (Phi) is 2.26. The fourth-order valence-electron chi connectivity index (χ4n) is 1.21. The minimum absolute atomic E-state index is 0.0139. The van der Waals surface area contributed by atoms with Gasteiger partial charge >= 0.3 is 5.97 Å². The molecule has 0 spiro atoms. The van der Waals surface area contributed by atoms with Crippen LogP contribution in [0.25, 0.3) is 0 Å². The van der Waals surface area contributed by atoms with Crippen molar-refractivity contribution in [1.29, 1.82) is 0 Å². The molecule has 0 radical (unpaired) electrons. The Bertz CT molecular complexity index is 298. The van der Waals surface area contributed by atoms with Crippen molar-refractivity contribution in [3.8, 4) is 0 Å². The summed E-state index contributed by atoms with van der Waals surface area (Å²) in [5.74, 6) is -0.171. The van der Waals surface area contributed by atoms with Crippen LogP contribution in [0.3, 0.4) is 0 Å². The summed E-state index contributed by atoms with van der Waals surface area (Å²) >= 11 is 1.32. The van der Waals surface area contributed by atoms with E-state index in [4.69, 9.17) is 9.15 Å². The van der Waals surface area contributed by atoms with Gasteiger partial charge in [0.1, 0.15) is 17.6 Å². The number of aromatic nitrogens is 1. The summed E-state index contributed by atoms with van der Waals surface area (Å²) in [7, 11) is 0. The number of thioether (sulfide) groups is 1. The van der Waals surface area contributed by atoms with Crippen LogP contribution in [-0.4, -0.2) is 22.3 Å². The molecule has 2 heterocycles. The molecule has 0 aromatic carbocycles. The highest BCUT2D eigenvalue weighted by Gasteiger charge is 2.33. The van der Waals surface area contributed by atoms with Crippen molar-refractivity contribution in [3.05, 3.63) is 12.5 Å². The number of hydrogen-bond acceptors (Lipinski definition) is 5. The Hall–Kier alpha value is -0.970. The summed E-state index contributed by atoms with van der Waals surface area (Å²) in [6.07, 6.45) is 3.80. The van der Waals surface area contributed by atoms with Gasteiger partial charge in [-0.25, -0.2) is 4.98 Å². The van der Waals surface area contributed by atoms with E-state index in [1.807, 2.05) is 6.92 Å². The summed E-state index contributed by atoms with van der Waals surface area (Å²) in [5.41, 5.74) is 0. The van der Waals surface area contributed by atoms with Crippen LogP contribution in [0, 0.1) is 0 Å². The van der Waals surface area contributed by atoms with E-state index in [1.165, 1.54) is 18.0 Å². The third kappa shape index (κ3) is 1.85. The predicted molar refractivity (Wildman–Crippen MR) is 46.3 cm³/mol. The molecular formula is C8H9NO3S. The van der Waals surface area contributed by atoms with Crippen LogP contribution in [0.5, 0.6) is 0 Å². The minimum atomic E-state index is -0.171. The van der Waals surface area contributed by atoms with Gasteiger partial charge in [0, 0.05) is 6.42 Å². The molecule has 1 aliphatic rings. The Balaban J connectivity index is 1.99. The molecule has 0 bridgehead atoms. The molecule has 13 heavy (non-hydrogen) atoms. The number of hydrogen-bond donors (Lipinski definition) is 0. The largest absolute Gasteiger partial charge is 0.462 e. The van der Waals surface area contributed by atoms with E-state index >= 15 is 0 Å². The lowest BCUT2D eigenvalue weighted by molar-refractivity contribution is -0.140. The fraction of sp³-hybridized carbons (Fsp3) is 0.500. The molecular weight excluding hydrogens is 190 g/mol. The molecule has 2 atom stereocenters. The maximum absolute atomic E-state index is 11.2. The normalized spacial score (nSPS) is 27.6. The summed E-state index contributed by atoms with van der Waals surface area (Å²) in [6.45, 7) is 1.88. The number of esters is 1. The van der Waals surface area contributed by atoms with Crippen LogP contribution in [0.4, 0.5) is 0 Å². The highest BCUT2D eigenvalue weighted by atomic mass is 32.2. The summed E-state index contributed by atoms with van der Waals surface area (Å²) in [4.78, 5) is 15.1. The smallest absolute Gasteiger partial charge is 0.320 e. The average molecular weight is 199 g/mol. The molecule has 1 aromatic rings. The zero-order chi connectivity index (χ0) is 9.26. The first-order valence-electron chi connectivity index (χ1n) is 4.02. The topological polar surface area (TPSA) is 52.3 Å². The van der Waals surface area contributed by atoms with Crippen molar-refractivity contribution in [2.45, 2.75) is 29.9 Å². The predicted octanol–water partition coefficient (Wildman–Crippen LogP) is 1.47. The lowest BCUT2D eigenvalue weighted by Crippen LogP contribution is -2.09. The first kappa shape index (κ1) is 8.62. The third-order valence-corrected chi connectivity index (χ3v) is 2.85. The zero-order valence-electron chi connectivity index (χ0n) is 7.10. The van der Waals surface area contributed by atoms with Crippen LogP contribution in [0.15, 0.2) is 22.1 Å². The monoisotopic (exact) mass is 199 g/mol. The van der Waals surface area contributed by atoms with Crippen LogP contribution in [0.2, 0.25) is 0 Å². The highest BCUT2D eigenvalue weighted by molar-refractivity contribution is 8.00. The summed E-state index contributed by atoms with van der Waals surface area (Å²) in [6, 6.07) is 0. The van der Waals surface area contributed by atoms with Gasteiger partial charge in [0.05, 0.1) is 6.20 Å². The Labute approximate surface area is 79.7 Å². The lowest BCUT2D eigenvalue weighted by atomic mass is 10.3. The molecule has 70 valence electrons. The zero-order valence-corrected chi connectivity index (χ0v) is 7.91. The van der Waals surface area contributed by atoms with Gasteiger partial charge < -0.3 is 9.15 Å². The van der Waals surface area contributed by atoms with E-state index in [0.717, 1.165) is 6.42 Å². The number of carbonyl (C=O) groups is 1. The van der Waals surface area contributed by atoms with Gasteiger partial charge in [-0.05, 0) is 6.92 Å². The molecule has 2 rings (SSSR count). The van der Waals surface area contributed by atoms with Crippen LogP contribution < -0.4 is 0 Å². The van der Waals surface area contributed by atoms with Gasteiger partial charge in [0.25, 0.3) is 5.22 Å². The van der Waals surface area contributed by atoms with E-state index < -0.39 is 0 Å². The van der Waals surface area contributed by atoms with Crippen molar-refractivity contribution < 1.29 is 13.9 Å². The van der Waals surface area contributed by atoms with Gasteiger partial charge in [0.15, 0.2) is 0 Å². The molecule has 0 aliphatic carbocycles. The highest BCUT2D eigenvalue weighted by Crippen LogP contribution is 2.30. The minimum Gasteiger partial charge on any atom is -0.462 e. The molecule has 1 aromatic heterocycles. The van der Waals surface area contributed by atoms with Gasteiger partial charge in [-0.1, -0.05) is 11.8 Å². The average Bonchev–Trinajstić information content (AvgIpc) is 2.63. The number of oxazole rings is 1. The quantitative estimate of drug-likeness (QED) is 0.675. The van der Waals surface area contributed by atoms with E-state index in [9.17, 15) is 4.79 Å². The molecule has 2 unspecified atom stereocenters. The first-order valence-corrected chi connectivity index (χ1v) is 4.90. The summed E-state index contributed by atoms with van der Waals surface area (Å²) in [5, 5.41) is 0.365. The molecule has 1 aliphatic heterocycles.